The molecule has 0 atom stereocenters. The SMILES string of the molecule is Cc1ccc(N(c2ccc(/C=C/c3ccc(/C=C(\C#N)OC=O)cc3)cc2)c2ccc(/C=C/c3ccc(/C=C(\C#N)C(=O)O)cc3)cc2)c(C)c1. The van der Waals surface area contributed by atoms with E-state index in [1.807, 2.05) is 66.8 Å². The highest BCUT2D eigenvalue weighted by molar-refractivity contribution is 5.96. The van der Waals surface area contributed by atoms with Crippen molar-refractivity contribution in [3.05, 3.63) is 171 Å². The van der Waals surface area contributed by atoms with Crippen LogP contribution in [0.15, 0.2) is 127 Å². The smallest absolute Gasteiger partial charge is 0.346 e. The summed E-state index contributed by atoms with van der Waals surface area (Å²) in [5, 5.41) is 27.2. The Morgan fingerprint density at radius 3 is 1.45 bits per heavy atom. The monoisotopic (exact) mass is 667 g/mol. The zero-order chi connectivity index (χ0) is 36.2. The molecule has 1 N–H and O–H groups in total. The van der Waals surface area contributed by atoms with Gasteiger partial charge in [-0.05, 0) is 95.3 Å². The maximum Gasteiger partial charge on any atom is 0.346 e. The molecule has 0 heterocycles. The summed E-state index contributed by atoms with van der Waals surface area (Å²) in [5.74, 6) is -1.32. The lowest BCUT2D eigenvalue weighted by molar-refractivity contribution is -0.132. The highest BCUT2D eigenvalue weighted by atomic mass is 16.5. The molecule has 248 valence electrons. The number of ether oxygens (including phenoxy) is 1. The number of rotatable bonds is 12. The summed E-state index contributed by atoms with van der Waals surface area (Å²) < 4.78 is 4.65. The summed E-state index contributed by atoms with van der Waals surface area (Å²) in [5.41, 5.74) is 10.5. The Morgan fingerprint density at radius 2 is 1.06 bits per heavy atom. The first-order valence-corrected chi connectivity index (χ1v) is 16.0. The fourth-order valence-corrected chi connectivity index (χ4v) is 5.35. The van der Waals surface area contributed by atoms with Gasteiger partial charge in [-0.25, -0.2) is 4.79 Å². The number of carbonyl (C=O) groups is 2. The molecular weight excluding hydrogens is 635 g/mol. The molecule has 0 bridgehead atoms. The number of carboxylic acid groups (broad SMARTS) is 1. The lowest BCUT2D eigenvalue weighted by Gasteiger charge is -2.27. The Morgan fingerprint density at radius 1 is 0.627 bits per heavy atom. The van der Waals surface area contributed by atoms with Crippen molar-refractivity contribution in [3.8, 4) is 12.1 Å². The third-order valence-corrected chi connectivity index (χ3v) is 7.95. The van der Waals surface area contributed by atoms with Crippen molar-refractivity contribution in [1.82, 2.24) is 0 Å². The summed E-state index contributed by atoms with van der Waals surface area (Å²) in [6.45, 7) is 4.44. The number of anilines is 3. The van der Waals surface area contributed by atoms with Gasteiger partial charge in [0.1, 0.15) is 17.7 Å². The van der Waals surface area contributed by atoms with Gasteiger partial charge >= 0.3 is 5.97 Å². The number of carboxylic acids is 1. The predicted molar refractivity (Wildman–Crippen MR) is 203 cm³/mol. The van der Waals surface area contributed by atoms with Crippen LogP contribution in [0.1, 0.15) is 44.5 Å². The zero-order valence-corrected chi connectivity index (χ0v) is 28.0. The molecule has 0 spiro atoms. The molecule has 5 aromatic rings. The van der Waals surface area contributed by atoms with E-state index in [9.17, 15) is 9.59 Å². The van der Waals surface area contributed by atoms with Crippen molar-refractivity contribution in [2.24, 2.45) is 0 Å². The molecule has 0 saturated carbocycles. The summed E-state index contributed by atoms with van der Waals surface area (Å²) in [7, 11) is 0. The van der Waals surface area contributed by atoms with E-state index < -0.39 is 5.97 Å². The van der Waals surface area contributed by atoms with Crippen LogP contribution in [-0.4, -0.2) is 17.5 Å². The second kappa shape index (κ2) is 16.7. The molecule has 0 aliphatic carbocycles. The van der Waals surface area contributed by atoms with Gasteiger partial charge in [-0.15, -0.1) is 0 Å². The van der Waals surface area contributed by atoms with Crippen molar-refractivity contribution in [1.29, 1.82) is 10.5 Å². The molecule has 0 aliphatic heterocycles. The van der Waals surface area contributed by atoms with E-state index in [0.29, 0.717) is 5.56 Å². The molecule has 0 amide bonds. The first-order valence-electron chi connectivity index (χ1n) is 16.0. The Balaban J connectivity index is 1.34. The van der Waals surface area contributed by atoms with Crippen LogP contribution >= 0.6 is 0 Å². The van der Waals surface area contributed by atoms with Gasteiger partial charge in [0.2, 0.25) is 5.76 Å². The largest absolute Gasteiger partial charge is 0.477 e. The van der Waals surface area contributed by atoms with Crippen molar-refractivity contribution >= 4 is 66.0 Å². The summed E-state index contributed by atoms with van der Waals surface area (Å²) in [6, 6.07) is 41.6. The molecule has 0 radical (unpaired) electrons. The Hall–Kier alpha value is -7.22. The molecule has 7 nitrogen and oxygen atoms in total. The Labute approximate surface area is 297 Å². The number of nitriles is 2. The molecule has 0 aromatic heterocycles. The molecule has 0 aliphatic rings. The zero-order valence-electron chi connectivity index (χ0n) is 28.0. The van der Waals surface area contributed by atoms with Crippen molar-refractivity contribution < 1.29 is 19.4 Å². The maximum absolute atomic E-state index is 11.1. The van der Waals surface area contributed by atoms with Crippen molar-refractivity contribution in [2.75, 3.05) is 4.90 Å². The fraction of sp³-hybridized carbons (Fsp3) is 0.0455. The fourth-order valence-electron chi connectivity index (χ4n) is 5.35. The summed E-state index contributed by atoms with van der Waals surface area (Å²) >= 11 is 0. The highest BCUT2D eigenvalue weighted by Crippen LogP contribution is 2.37. The third-order valence-electron chi connectivity index (χ3n) is 7.95. The lowest BCUT2D eigenvalue weighted by Crippen LogP contribution is -2.11. The minimum Gasteiger partial charge on any atom is -0.477 e. The third kappa shape index (κ3) is 9.45. The second-order valence-corrected chi connectivity index (χ2v) is 11.6. The van der Waals surface area contributed by atoms with Gasteiger partial charge in [0.15, 0.2) is 0 Å². The minimum absolute atomic E-state index is 0.0675. The summed E-state index contributed by atoms with van der Waals surface area (Å²) in [6.07, 6.45) is 10.9. The van der Waals surface area contributed by atoms with E-state index in [-0.39, 0.29) is 17.8 Å². The molecule has 7 heteroatoms. The van der Waals surface area contributed by atoms with Crippen LogP contribution in [0.4, 0.5) is 17.1 Å². The number of benzene rings is 5. The van der Waals surface area contributed by atoms with Crippen molar-refractivity contribution in [2.45, 2.75) is 13.8 Å². The number of carbonyl (C=O) groups excluding carboxylic acids is 1. The number of nitrogens with zero attached hydrogens (tertiary/aromatic N) is 3. The van der Waals surface area contributed by atoms with Crippen LogP contribution in [0.2, 0.25) is 0 Å². The highest BCUT2D eigenvalue weighted by Gasteiger charge is 2.15. The van der Waals surface area contributed by atoms with E-state index in [2.05, 4.69) is 90.2 Å². The molecule has 51 heavy (non-hydrogen) atoms. The first-order chi connectivity index (χ1) is 24.8. The second-order valence-electron chi connectivity index (χ2n) is 11.6. The molecular formula is C44H33N3O4. The van der Waals surface area contributed by atoms with Gasteiger partial charge in [0.05, 0.1) is 0 Å². The van der Waals surface area contributed by atoms with E-state index in [1.165, 1.54) is 17.7 Å². The average molecular weight is 668 g/mol. The lowest BCUT2D eigenvalue weighted by atomic mass is 10.1. The average Bonchev–Trinajstić information content (AvgIpc) is 3.14. The van der Waals surface area contributed by atoms with Crippen molar-refractivity contribution in [3.63, 3.8) is 0 Å². The topological polar surface area (TPSA) is 114 Å². The van der Waals surface area contributed by atoms with Gasteiger partial charge in [-0.3, -0.25) is 4.79 Å². The summed E-state index contributed by atoms with van der Waals surface area (Å²) in [4.78, 5) is 23.9. The first kappa shape index (κ1) is 35.1. The Kier molecular flexibility index (Phi) is 11.5. The number of hydrogen-bond acceptors (Lipinski definition) is 6. The van der Waals surface area contributed by atoms with Gasteiger partial charge in [-0.2, -0.15) is 10.5 Å². The molecule has 0 unspecified atom stereocenters. The minimum atomic E-state index is -1.25. The van der Waals surface area contributed by atoms with E-state index in [4.69, 9.17) is 15.6 Å². The normalized spacial score (nSPS) is 11.6. The van der Waals surface area contributed by atoms with Gasteiger partial charge in [-0.1, -0.05) is 115 Å². The standard InChI is InChI=1S/C44H33N3O4/c1-31-3-24-43(32(2)25-31)47(40-20-16-35(17-21-40)6-4-33-8-12-37(13-9-33)26-39(28-45)44(49)50)41-22-18-36(19-23-41)7-5-34-10-14-38(15-11-34)27-42(29-46)51-30-48/h3-27,30H,1-2H3,(H,49,50)/b6-4+,7-5+,39-26+,42-27+. The van der Waals surface area contributed by atoms with E-state index in [0.717, 1.165) is 50.4 Å². The predicted octanol–water partition coefficient (Wildman–Crippen LogP) is 10.1. The number of aliphatic carboxylic acids is 1. The molecule has 0 saturated heterocycles. The number of aryl methyl sites for hydroxylation is 2. The maximum atomic E-state index is 11.1. The van der Waals surface area contributed by atoms with Crippen LogP contribution in [0.3, 0.4) is 0 Å². The van der Waals surface area contributed by atoms with Gasteiger partial charge in [0, 0.05) is 17.1 Å². The van der Waals surface area contributed by atoms with Crippen LogP contribution in [0.5, 0.6) is 0 Å². The Bertz CT molecular complexity index is 2230. The quantitative estimate of drug-likeness (QED) is 0.0463. The van der Waals surface area contributed by atoms with Crippen LogP contribution < -0.4 is 4.90 Å². The number of hydrogen-bond donors (Lipinski definition) is 1. The van der Waals surface area contributed by atoms with Gasteiger partial charge in [0.25, 0.3) is 6.47 Å². The number of allylic oxidation sites excluding steroid dienone is 1. The molecule has 5 rings (SSSR count). The van der Waals surface area contributed by atoms with E-state index >= 15 is 0 Å². The van der Waals surface area contributed by atoms with Gasteiger partial charge < -0.3 is 14.7 Å². The van der Waals surface area contributed by atoms with E-state index in [1.54, 1.807) is 18.2 Å². The van der Waals surface area contributed by atoms with Crippen LogP contribution in [-0.2, 0) is 14.3 Å². The molecule has 5 aromatic carbocycles. The molecule has 0 fully saturated rings. The van der Waals surface area contributed by atoms with Crippen LogP contribution in [0.25, 0.3) is 36.5 Å². The van der Waals surface area contributed by atoms with Crippen LogP contribution in [0, 0.1) is 36.5 Å².